The second kappa shape index (κ2) is 8.99. The highest BCUT2D eigenvalue weighted by Gasteiger charge is 2.65. The Balaban J connectivity index is 1.83. The van der Waals surface area contributed by atoms with Crippen molar-refractivity contribution in [2.45, 2.75) is 37.0 Å². The number of amides is 2. The average molecular weight is 547 g/mol. The number of anilines is 2. The highest BCUT2D eigenvalue weighted by molar-refractivity contribution is 7.25. The van der Waals surface area contributed by atoms with Gasteiger partial charge in [-0.25, -0.2) is 0 Å². The Morgan fingerprint density at radius 1 is 1.12 bits per heavy atom. The molecule has 2 amide bonds. The maximum atomic E-state index is 13.9. The minimum absolute atomic E-state index is 0.232. The zero-order valence-electron chi connectivity index (χ0n) is 17.4. The molecule has 174 valence electrons. The van der Waals surface area contributed by atoms with Gasteiger partial charge in [-0.1, -0.05) is 53.3 Å². The van der Waals surface area contributed by atoms with E-state index in [0.29, 0.717) is 39.9 Å². The van der Waals surface area contributed by atoms with Crippen molar-refractivity contribution in [1.29, 1.82) is 0 Å². The lowest BCUT2D eigenvalue weighted by molar-refractivity contribution is -0.128. The summed E-state index contributed by atoms with van der Waals surface area (Å²) in [5, 5.41) is 3.41. The molecule has 2 aliphatic rings. The van der Waals surface area contributed by atoms with Gasteiger partial charge < -0.3 is 5.73 Å². The number of nitrogens with two attached hydrogens (primary N) is 1. The molecule has 33 heavy (non-hydrogen) atoms. The molecule has 3 atom stereocenters. The highest BCUT2D eigenvalue weighted by atomic mass is 35.5. The number of nitrogens with one attached hydrogen (secondary N) is 1. The maximum Gasteiger partial charge on any atom is 0.238 e. The Labute approximate surface area is 212 Å². The van der Waals surface area contributed by atoms with Crippen LogP contribution in [-0.2, 0) is 19.4 Å². The molecule has 1 aliphatic heterocycles. The highest BCUT2D eigenvalue weighted by Crippen LogP contribution is 2.60. The molecule has 1 saturated carbocycles. The molecule has 3 unspecified atom stereocenters. The van der Waals surface area contributed by atoms with Gasteiger partial charge in [0, 0.05) is 32.1 Å². The Morgan fingerprint density at radius 2 is 1.73 bits per heavy atom. The van der Waals surface area contributed by atoms with Gasteiger partial charge in [0.2, 0.25) is 12.3 Å². The first-order valence-electron chi connectivity index (χ1n) is 10.2. The van der Waals surface area contributed by atoms with E-state index in [1.54, 1.807) is 6.07 Å². The van der Waals surface area contributed by atoms with Gasteiger partial charge in [0.1, 0.15) is 5.28 Å². The van der Waals surface area contributed by atoms with Crippen molar-refractivity contribution in [3.8, 4) is 0 Å². The predicted octanol–water partition coefficient (Wildman–Crippen LogP) is 6.29. The number of halogens is 4. The Bertz CT molecular complexity index is 1140. The summed E-state index contributed by atoms with van der Waals surface area (Å²) in [6.45, 7) is 1.82. The lowest BCUT2D eigenvalue weighted by Crippen LogP contribution is -2.57. The van der Waals surface area contributed by atoms with Crippen LogP contribution in [0.2, 0.25) is 20.1 Å². The number of nitrogen functional groups attached to an aromatic ring is 1. The van der Waals surface area contributed by atoms with Gasteiger partial charge >= 0.3 is 0 Å². The van der Waals surface area contributed by atoms with Crippen LogP contribution in [0.1, 0.15) is 31.7 Å². The second-order valence-corrected chi connectivity index (χ2v) is 11.2. The fraction of sp³-hybridized carbons (Fsp3) is 0.364. The van der Waals surface area contributed by atoms with E-state index in [4.69, 9.17) is 52.1 Å². The summed E-state index contributed by atoms with van der Waals surface area (Å²) in [6, 6.07) is 7.63. The fourth-order valence-electron chi connectivity index (χ4n) is 5.17. The molecule has 2 fully saturated rings. The number of carbonyl (C=O) groups is 2. The Kier molecular flexibility index (Phi) is 6.74. The van der Waals surface area contributed by atoms with E-state index in [1.165, 1.54) is 24.3 Å². The molecule has 6 nitrogen and oxygen atoms in total. The van der Waals surface area contributed by atoms with E-state index in [-0.39, 0.29) is 24.9 Å². The van der Waals surface area contributed by atoms with Crippen molar-refractivity contribution in [2.24, 2.45) is 11.8 Å². The third kappa shape index (κ3) is 3.95. The zero-order chi connectivity index (χ0) is 24.1. The summed E-state index contributed by atoms with van der Waals surface area (Å²) in [6.07, 6.45) is 2.67. The maximum absolute atomic E-state index is 13.9. The monoisotopic (exact) mass is 545 g/mol. The van der Waals surface area contributed by atoms with Crippen LogP contribution < -0.4 is 16.0 Å². The van der Waals surface area contributed by atoms with E-state index >= 15 is 0 Å². The van der Waals surface area contributed by atoms with E-state index in [1.807, 2.05) is 6.92 Å². The number of rotatable bonds is 5. The van der Waals surface area contributed by atoms with E-state index in [9.17, 15) is 14.2 Å². The van der Waals surface area contributed by atoms with E-state index < -0.39 is 28.6 Å². The topological polar surface area (TPSA) is 92.5 Å². The largest absolute Gasteiger partial charge is 0.397 e. The first-order chi connectivity index (χ1) is 15.6. The number of hydrogen-bond donors (Lipinski definition) is 2. The lowest BCUT2D eigenvalue weighted by Gasteiger charge is -2.44. The molecule has 2 aromatic carbocycles. The predicted molar refractivity (Wildman–Crippen MR) is 133 cm³/mol. The molecule has 0 bridgehead atoms. The van der Waals surface area contributed by atoms with Crippen molar-refractivity contribution >= 4 is 78.6 Å². The molecule has 1 aliphatic carbocycles. The molecule has 1 saturated heterocycles. The first kappa shape index (κ1) is 24.7. The molecule has 3 N–H and O–H groups in total. The van der Waals surface area contributed by atoms with Crippen LogP contribution in [0.4, 0.5) is 11.4 Å². The van der Waals surface area contributed by atoms with Crippen LogP contribution in [-0.4, -0.2) is 17.9 Å². The van der Waals surface area contributed by atoms with Gasteiger partial charge in [-0.15, -0.1) is 0 Å². The van der Waals surface area contributed by atoms with Gasteiger partial charge in [0.05, 0.1) is 22.3 Å². The second-order valence-electron chi connectivity index (χ2n) is 8.55. The van der Waals surface area contributed by atoms with Gasteiger partial charge in [-0.3, -0.25) is 24.4 Å². The van der Waals surface area contributed by atoms with Gasteiger partial charge in [0.25, 0.3) is 0 Å². The van der Waals surface area contributed by atoms with Crippen LogP contribution in [0.15, 0.2) is 30.3 Å². The van der Waals surface area contributed by atoms with Crippen molar-refractivity contribution in [3.63, 3.8) is 0 Å². The van der Waals surface area contributed by atoms with Gasteiger partial charge in [0.15, 0.2) is 8.46 Å². The van der Waals surface area contributed by atoms with Crippen LogP contribution >= 0.6 is 54.9 Å². The third-order valence-corrected chi connectivity index (χ3v) is 8.84. The van der Waals surface area contributed by atoms with Crippen LogP contribution in [0.5, 0.6) is 0 Å². The summed E-state index contributed by atoms with van der Waals surface area (Å²) in [5.74, 6) is -1.66. The minimum Gasteiger partial charge on any atom is -0.397 e. The van der Waals surface area contributed by atoms with E-state index in [0.717, 1.165) is 11.3 Å². The lowest BCUT2D eigenvalue weighted by atomic mass is 9.66. The first-order valence-corrected chi connectivity index (χ1v) is 12.5. The minimum atomic E-state index is -1.22. The van der Waals surface area contributed by atoms with Crippen molar-refractivity contribution < 1.29 is 14.2 Å². The Hall–Kier alpha value is -1.40. The summed E-state index contributed by atoms with van der Waals surface area (Å²) >= 11 is 24.7. The molecule has 0 aromatic heterocycles. The summed E-state index contributed by atoms with van der Waals surface area (Å²) in [4.78, 5) is 26.9. The number of benzene rings is 2. The fourth-order valence-corrected chi connectivity index (χ4v) is 7.05. The summed E-state index contributed by atoms with van der Waals surface area (Å²) in [5.41, 5.74) is 6.56. The van der Waals surface area contributed by atoms with Gasteiger partial charge in [-0.2, -0.15) is 0 Å². The number of nitrogens with zero attached hydrogens (tertiary/aromatic N) is 1. The Morgan fingerprint density at radius 3 is 2.24 bits per heavy atom. The molecule has 0 radical (unpaired) electrons. The number of carbonyl (C=O) groups excluding carboxylic acids is 2. The van der Waals surface area contributed by atoms with Crippen LogP contribution in [0, 0.1) is 11.8 Å². The summed E-state index contributed by atoms with van der Waals surface area (Å²) in [7, 11) is -0.293. The molecule has 4 rings (SSSR count). The van der Waals surface area contributed by atoms with Crippen molar-refractivity contribution in [3.05, 3.63) is 56.0 Å². The van der Waals surface area contributed by atoms with Crippen LogP contribution in [0.3, 0.4) is 0 Å². The number of imide groups is 1. The smallest absolute Gasteiger partial charge is 0.238 e. The molecule has 11 heteroatoms. The quantitative estimate of drug-likeness (QED) is 0.261. The summed E-state index contributed by atoms with van der Waals surface area (Å²) < 4.78 is 12.8. The van der Waals surface area contributed by atoms with Gasteiger partial charge in [-0.05, 0) is 49.6 Å². The SMILES string of the molecule is CC1C(C(=O)N(C=O)c2cc(Cl)cc(Cl)c2)C2(CCC2)NC1(P=O)c1cc(Cl)cc(Cl)c1N. The molecular weight excluding hydrogens is 527 g/mol. The number of hydrogen-bond acceptors (Lipinski definition) is 5. The van der Waals surface area contributed by atoms with Crippen molar-refractivity contribution in [2.75, 3.05) is 10.6 Å². The molecule has 2 aromatic rings. The molecule has 1 spiro atoms. The standard InChI is InChI=1S/C22H20Cl4N3O3P/c1-11-18(20(31)29(10-30)15-6-12(23)5-13(24)7-15)21(3-2-4-21)28-22(11,33-32)16-8-14(25)9-17(26)19(16)27/h5-11,18,28H,2-4,27H2,1H3. The molecule has 1 heterocycles. The van der Waals surface area contributed by atoms with Crippen molar-refractivity contribution in [1.82, 2.24) is 5.32 Å². The zero-order valence-corrected chi connectivity index (χ0v) is 21.4. The van der Waals surface area contributed by atoms with E-state index in [2.05, 4.69) is 5.32 Å². The third-order valence-electron chi connectivity index (χ3n) is 6.82. The normalized spacial score (nSPS) is 25.7. The average Bonchev–Trinajstić information content (AvgIpc) is 3.00. The molecular formula is C22H20Cl4N3O3P. The van der Waals surface area contributed by atoms with Crippen LogP contribution in [0.25, 0.3) is 0 Å².